The second kappa shape index (κ2) is 3.88. The summed E-state index contributed by atoms with van der Waals surface area (Å²) in [4.78, 5) is 8.49. The summed E-state index contributed by atoms with van der Waals surface area (Å²) >= 11 is 1.65. The number of hydrogen-bond acceptors (Lipinski definition) is 3. The Kier molecular flexibility index (Phi) is 2.59. The summed E-state index contributed by atoms with van der Waals surface area (Å²) in [5.41, 5.74) is 2.38. The fourth-order valence-electron chi connectivity index (χ4n) is 1.26. The van der Waals surface area contributed by atoms with Crippen molar-refractivity contribution in [2.24, 2.45) is 0 Å². The van der Waals surface area contributed by atoms with Gasteiger partial charge in [0.25, 0.3) is 0 Å². The molecule has 0 bridgehead atoms. The van der Waals surface area contributed by atoms with E-state index in [4.69, 9.17) is 0 Å². The van der Waals surface area contributed by atoms with E-state index in [9.17, 15) is 0 Å². The molecule has 0 N–H and O–H groups in total. The van der Waals surface area contributed by atoms with Gasteiger partial charge in [0.05, 0.1) is 0 Å². The Hall–Kier alpha value is -1.22. The van der Waals surface area contributed by atoms with Gasteiger partial charge in [-0.15, -0.1) is 11.3 Å². The summed E-state index contributed by atoms with van der Waals surface area (Å²) in [5, 5.41) is 3.03. The summed E-state index contributed by atoms with van der Waals surface area (Å²) in [6.45, 7) is 4.34. The molecule has 2 heterocycles. The minimum Gasteiger partial charge on any atom is -0.264 e. The van der Waals surface area contributed by atoms with Crippen LogP contribution in [0, 0.1) is 0 Å². The molecular formula is C11H12N2S. The third-order valence-corrected chi connectivity index (χ3v) is 2.93. The topological polar surface area (TPSA) is 25.8 Å². The zero-order chi connectivity index (χ0) is 9.97. The van der Waals surface area contributed by atoms with Gasteiger partial charge in [-0.25, -0.2) is 4.98 Å². The van der Waals surface area contributed by atoms with Gasteiger partial charge in [0.1, 0.15) is 5.01 Å². The monoisotopic (exact) mass is 204 g/mol. The van der Waals surface area contributed by atoms with E-state index >= 15 is 0 Å². The van der Waals surface area contributed by atoms with Crippen molar-refractivity contribution in [3.8, 4) is 10.6 Å². The molecule has 0 aliphatic rings. The quantitative estimate of drug-likeness (QED) is 0.750. The van der Waals surface area contributed by atoms with E-state index in [1.807, 2.05) is 24.0 Å². The van der Waals surface area contributed by atoms with Gasteiger partial charge in [-0.2, -0.15) is 0 Å². The van der Waals surface area contributed by atoms with Crippen LogP contribution in [0.1, 0.15) is 25.3 Å². The lowest BCUT2D eigenvalue weighted by atomic mass is 10.0. The van der Waals surface area contributed by atoms with Crippen LogP contribution in [0.5, 0.6) is 0 Å². The Morgan fingerprint density at radius 3 is 2.79 bits per heavy atom. The van der Waals surface area contributed by atoms with Crippen LogP contribution in [0.25, 0.3) is 10.6 Å². The molecule has 0 saturated carbocycles. The third kappa shape index (κ3) is 1.82. The number of rotatable bonds is 2. The van der Waals surface area contributed by atoms with Crippen LogP contribution < -0.4 is 0 Å². The molecule has 72 valence electrons. The van der Waals surface area contributed by atoms with Crippen molar-refractivity contribution in [2.45, 2.75) is 19.8 Å². The van der Waals surface area contributed by atoms with E-state index in [-0.39, 0.29) is 0 Å². The van der Waals surface area contributed by atoms with Gasteiger partial charge in [-0.1, -0.05) is 13.8 Å². The maximum Gasteiger partial charge on any atom is 0.124 e. The highest BCUT2D eigenvalue weighted by Crippen LogP contribution is 2.24. The van der Waals surface area contributed by atoms with E-state index in [2.05, 4.69) is 29.9 Å². The summed E-state index contributed by atoms with van der Waals surface area (Å²) in [5.74, 6) is 0.516. The molecular weight excluding hydrogens is 192 g/mol. The predicted octanol–water partition coefficient (Wildman–Crippen LogP) is 3.33. The number of hydrogen-bond donors (Lipinski definition) is 0. The number of aromatic nitrogens is 2. The predicted molar refractivity (Wildman–Crippen MR) is 59.4 cm³/mol. The highest BCUT2D eigenvalue weighted by atomic mass is 32.1. The molecule has 2 nitrogen and oxygen atoms in total. The summed E-state index contributed by atoms with van der Waals surface area (Å²) < 4.78 is 0. The Labute approximate surface area is 87.7 Å². The van der Waals surface area contributed by atoms with Crippen molar-refractivity contribution in [1.29, 1.82) is 0 Å². The van der Waals surface area contributed by atoms with Crippen LogP contribution in [0.4, 0.5) is 0 Å². The fourth-order valence-corrected chi connectivity index (χ4v) is 1.88. The minimum absolute atomic E-state index is 0.516. The Morgan fingerprint density at radius 2 is 2.14 bits per heavy atom. The van der Waals surface area contributed by atoms with Crippen molar-refractivity contribution in [3.05, 3.63) is 35.6 Å². The maximum atomic E-state index is 4.27. The Balaban J connectivity index is 2.41. The van der Waals surface area contributed by atoms with Crippen LogP contribution in [0.15, 0.2) is 30.0 Å². The SMILES string of the molecule is CC(C)c1cncc(-c2nccs2)c1. The molecule has 2 aromatic rings. The van der Waals surface area contributed by atoms with Crippen molar-refractivity contribution >= 4 is 11.3 Å². The molecule has 0 saturated heterocycles. The second-order valence-electron chi connectivity index (χ2n) is 3.50. The van der Waals surface area contributed by atoms with Gasteiger partial charge in [-0.3, -0.25) is 4.98 Å². The van der Waals surface area contributed by atoms with E-state index < -0.39 is 0 Å². The van der Waals surface area contributed by atoms with Gasteiger partial charge in [-0.05, 0) is 17.5 Å². The lowest BCUT2D eigenvalue weighted by molar-refractivity contribution is 0.859. The zero-order valence-corrected chi connectivity index (χ0v) is 9.08. The highest BCUT2D eigenvalue weighted by molar-refractivity contribution is 7.13. The molecule has 0 spiro atoms. The van der Waals surface area contributed by atoms with Crippen LogP contribution in [0.3, 0.4) is 0 Å². The molecule has 0 atom stereocenters. The van der Waals surface area contributed by atoms with Gasteiger partial charge in [0.15, 0.2) is 0 Å². The number of thiazole rings is 1. The largest absolute Gasteiger partial charge is 0.264 e. The lowest BCUT2D eigenvalue weighted by Gasteiger charge is -2.05. The average molecular weight is 204 g/mol. The molecule has 0 radical (unpaired) electrons. The molecule has 0 unspecified atom stereocenters. The van der Waals surface area contributed by atoms with Gasteiger partial charge < -0.3 is 0 Å². The normalized spacial score (nSPS) is 10.8. The summed E-state index contributed by atoms with van der Waals surface area (Å²) in [7, 11) is 0. The summed E-state index contributed by atoms with van der Waals surface area (Å²) in [6, 6.07) is 2.16. The molecule has 0 aliphatic carbocycles. The Morgan fingerprint density at radius 1 is 1.29 bits per heavy atom. The molecule has 2 rings (SSSR count). The van der Waals surface area contributed by atoms with E-state index in [0.29, 0.717) is 5.92 Å². The van der Waals surface area contributed by atoms with E-state index in [0.717, 1.165) is 10.6 Å². The first-order valence-corrected chi connectivity index (χ1v) is 5.50. The van der Waals surface area contributed by atoms with Crippen LogP contribution in [-0.2, 0) is 0 Å². The molecule has 0 amide bonds. The van der Waals surface area contributed by atoms with Crippen LogP contribution >= 0.6 is 11.3 Å². The van der Waals surface area contributed by atoms with Crippen LogP contribution in [0.2, 0.25) is 0 Å². The third-order valence-electron chi connectivity index (χ3n) is 2.11. The van der Waals surface area contributed by atoms with Crippen LogP contribution in [-0.4, -0.2) is 9.97 Å². The number of pyridine rings is 1. The fraction of sp³-hybridized carbons (Fsp3) is 0.273. The van der Waals surface area contributed by atoms with E-state index in [1.165, 1.54) is 5.56 Å². The molecule has 2 aromatic heterocycles. The highest BCUT2D eigenvalue weighted by Gasteiger charge is 2.04. The zero-order valence-electron chi connectivity index (χ0n) is 8.27. The average Bonchev–Trinajstić information content (AvgIpc) is 2.71. The summed E-state index contributed by atoms with van der Waals surface area (Å²) in [6.07, 6.45) is 5.61. The first-order valence-electron chi connectivity index (χ1n) is 4.62. The first-order chi connectivity index (χ1) is 6.77. The standard InChI is InChI=1S/C11H12N2S/c1-8(2)9-5-10(7-12-6-9)11-13-3-4-14-11/h3-8H,1-2H3. The van der Waals surface area contributed by atoms with E-state index in [1.54, 1.807) is 11.3 Å². The maximum absolute atomic E-state index is 4.27. The van der Waals surface area contributed by atoms with Gasteiger partial charge in [0.2, 0.25) is 0 Å². The van der Waals surface area contributed by atoms with Gasteiger partial charge >= 0.3 is 0 Å². The van der Waals surface area contributed by atoms with Crippen molar-refractivity contribution in [1.82, 2.24) is 9.97 Å². The van der Waals surface area contributed by atoms with Crippen molar-refractivity contribution < 1.29 is 0 Å². The molecule has 0 fully saturated rings. The molecule has 3 heteroatoms. The minimum atomic E-state index is 0.516. The second-order valence-corrected chi connectivity index (χ2v) is 4.39. The van der Waals surface area contributed by atoms with Crippen molar-refractivity contribution in [3.63, 3.8) is 0 Å². The molecule has 0 aromatic carbocycles. The van der Waals surface area contributed by atoms with Gasteiger partial charge in [0, 0.05) is 29.5 Å². The van der Waals surface area contributed by atoms with Crippen molar-refractivity contribution in [2.75, 3.05) is 0 Å². The lowest BCUT2D eigenvalue weighted by Crippen LogP contribution is -1.89. The smallest absolute Gasteiger partial charge is 0.124 e. The first kappa shape index (κ1) is 9.34. The Bertz CT molecular complexity index is 407. The molecule has 14 heavy (non-hydrogen) atoms. The molecule has 0 aliphatic heterocycles. The number of nitrogens with zero attached hydrogens (tertiary/aromatic N) is 2.